The number of hydrogen-bond acceptors (Lipinski definition) is 4. The number of carbonyl (C=O) groups excluding carboxylic acids is 2. The molecule has 6 nitrogen and oxygen atoms in total. The van der Waals surface area contributed by atoms with Gasteiger partial charge in [-0.1, -0.05) is 38.2 Å². The third kappa shape index (κ3) is 4.91. The van der Waals surface area contributed by atoms with Crippen molar-refractivity contribution in [3.05, 3.63) is 35.3 Å². The molecule has 1 saturated carbocycles. The standard InChI is InChI=1S/C22H30N2O4/c1-27-18-9-10-19(28-2)21-17(18)14-16(22(26)24-21)12-13-23-20(25)11-8-15-6-4-3-5-7-15/h9-10,14-15,17H,3-8,11-13H2,1-2H3,(H,23,25). The minimum atomic E-state index is -0.275. The number of fused-ring (bicyclic) bond motifs is 1. The van der Waals surface area contributed by atoms with Gasteiger partial charge in [0.25, 0.3) is 5.91 Å². The Kier molecular flexibility index (Phi) is 7.06. The molecule has 1 fully saturated rings. The number of hydrogen-bond donors (Lipinski definition) is 1. The number of nitrogens with zero attached hydrogens (tertiary/aromatic N) is 1. The lowest BCUT2D eigenvalue weighted by atomic mass is 9.86. The van der Waals surface area contributed by atoms with Crippen LogP contribution in [0.4, 0.5) is 0 Å². The molecule has 1 aliphatic heterocycles. The maximum absolute atomic E-state index is 12.4. The molecule has 1 unspecified atom stereocenters. The topological polar surface area (TPSA) is 77.0 Å². The molecule has 0 saturated heterocycles. The molecule has 1 N–H and O–H groups in total. The van der Waals surface area contributed by atoms with E-state index in [2.05, 4.69) is 10.3 Å². The molecule has 1 heterocycles. The minimum Gasteiger partial charge on any atom is -0.500 e. The van der Waals surface area contributed by atoms with E-state index < -0.39 is 0 Å². The molecule has 0 radical (unpaired) electrons. The average Bonchev–Trinajstić information content (AvgIpc) is 2.72. The van der Waals surface area contributed by atoms with Crippen LogP contribution in [0.2, 0.25) is 0 Å². The predicted molar refractivity (Wildman–Crippen MR) is 108 cm³/mol. The van der Waals surface area contributed by atoms with Crippen molar-refractivity contribution >= 4 is 17.5 Å². The van der Waals surface area contributed by atoms with E-state index in [0.717, 1.165) is 12.2 Å². The first-order valence-corrected chi connectivity index (χ1v) is 10.2. The van der Waals surface area contributed by atoms with Crippen LogP contribution in [0.25, 0.3) is 0 Å². The highest BCUT2D eigenvalue weighted by atomic mass is 16.5. The van der Waals surface area contributed by atoms with E-state index in [-0.39, 0.29) is 17.7 Å². The first-order valence-electron chi connectivity index (χ1n) is 10.2. The van der Waals surface area contributed by atoms with Gasteiger partial charge < -0.3 is 14.8 Å². The third-order valence-corrected chi connectivity index (χ3v) is 5.79. The smallest absolute Gasteiger partial charge is 0.273 e. The fraction of sp³-hybridized carbons (Fsp3) is 0.591. The summed E-state index contributed by atoms with van der Waals surface area (Å²) in [4.78, 5) is 28.7. The Morgan fingerprint density at radius 2 is 1.96 bits per heavy atom. The number of rotatable bonds is 8. The predicted octanol–water partition coefficient (Wildman–Crippen LogP) is 3.45. The molecule has 0 bridgehead atoms. The van der Waals surface area contributed by atoms with Crippen molar-refractivity contribution in [2.75, 3.05) is 20.8 Å². The van der Waals surface area contributed by atoms with Gasteiger partial charge in [-0.25, -0.2) is 4.99 Å². The van der Waals surface area contributed by atoms with E-state index in [4.69, 9.17) is 9.47 Å². The summed E-state index contributed by atoms with van der Waals surface area (Å²) in [7, 11) is 3.16. The molecule has 0 aromatic carbocycles. The lowest BCUT2D eigenvalue weighted by Gasteiger charge is -2.26. The highest BCUT2D eigenvalue weighted by Crippen LogP contribution is 2.30. The Morgan fingerprint density at radius 3 is 2.68 bits per heavy atom. The summed E-state index contributed by atoms with van der Waals surface area (Å²) in [6, 6.07) is 0. The quantitative estimate of drug-likeness (QED) is 0.693. The Bertz CT molecular complexity index is 727. The Hall–Kier alpha value is -2.37. The fourth-order valence-corrected chi connectivity index (χ4v) is 4.17. The maximum atomic E-state index is 12.4. The second-order valence-electron chi connectivity index (χ2n) is 7.62. The summed E-state index contributed by atoms with van der Waals surface area (Å²) in [6.07, 6.45) is 13.9. The summed E-state index contributed by atoms with van der Waals surface area (Å²) >= 11 is 0. The lowest BCUT2D eigenvalue weighted by Crippen LogP contribution is -2.30. The van der Waals surface area contributed by atoms with Gasteiger partial charge in [0.15, 0.2) is 0 Å². The third-order valence-electron chi connectivity index (χ3n) is 5.79. The summed E-state index contributed by atoms with van der Waals surface area (Å²) in [6.45, 7) is 0.442. The van der Waals surface area contributed by atoms with Gasteiger partial charge in [-0.15, -0.1) is 0 Å². The maximum Gasteiger partial charge on any atom is 0.273 e. The zero-order valence-electron chi connectivity index (χ0n) is 16.8. The number of nitrogens with one attached hydrogen (secondary N) is 1. The minimum absolute atomic E-state index is 0.0679. The largest absolute Gasteiger partial charge is 0.500 e. The van der Waals surface area contributed by atoms with Crippen LogP contribution in [-0.4, -0.2) is 38.3 Å². The second kappa shape index (κ2) is 9.71. The summed E-state index contributed by atoms with van der Waals surface area (Å²) in [5.74, 6) is 1.57. The van der Waals surface area contributed by atoms with Crippen LogP contribution < -0.4 is 5.32 Å². The van der Waals surface area contributed by atoms with Crippen LogP contribution in [0.15, 0.2) is 40.3 Å². The number of ether oxygens (including phenoxy) is 2. The molecular formula is C22H30N2O4. The Balaban J connectivity index is 1.50. The SMILES string of the molecule is COC1=CC=C(OC)C2C=C(CCNC(=O)CCC3CCCCC3)C(=O)N=C12. The van der Waals surface area contributed by atoms with E-state index in [1.165, 1.54) is 32.1 Å². The van der Waals surface area contributed by atoms with Crippen molar-refractivity contribution in [2.45, 2.75) is 51.4 Å². The highest BCUT2D eigenvalue weighted by molar-refractivity contribution is 6.15. The van der Waals surface area contributed by atoms with E-state index in [9.17, 15) is 9.59 Å². The first-order chi connectivity index (χ1) is 13.6. The van der Waals surface area contributed by atoms with Crippen molar-refractivity contribution in [1.29, 1.82) is 0 Å². The number of carbonyl (C=O) groups is 2. The number of allylic oxidation sites excluding steroid dienone is 4. The van der Waals surface area contributed by atoms with Crippen molar-refractivity contribution in [2.24, 2.45) is 16.8 Å². The molecule has 152 valence electrons. The molecule has 3 rings (SSSR count). The van der Waals surface area contributed by atoms with Gasteiger partial charge in [0.2, 0.25) is 5.91 Å². The van der Waals surface area contributed by atoms with Crippen LogP contribution in [0.5, 0.6) is 0 Å². The monoisotopic (exact) mass is 386 g/mol. The molecule has 0 aromatic heterocycles. The number of dihydropyridines is 1. The van der Waals surface area contributed by atoms with E-state index >= 15 is 0 Å². The van der Waals surface area contributed by atoms with Crippen LogP contribution in [0, 0.1) is 11.8 Å². The van der Waals surface area contributed by atoms with Crippen LogP contribution in [0.1, 0.15) is 51.4 Å². The van der Waals surface area contributed by atoms with Crippen molar-refractivity contribution in [1.82, 2.24) is 5.32 Å². The summed E-state index contributed by atoms with van der Waals surface area (Å²) in [5, 5.41) is 2.94. The van der Waals surface area contributed by atoms with Gasteiger partial charge in [-0.2, -0.15) is 0 Å². The molecule has 1 atom stereocenters. The normalized spacial score (nSPS) is 22.4. The van der Waals surface area contributed by atoms with E-state index in [1.807, 2.05) is 12.2 Å². The molecule has 3 aliphatic rings. The molecular weight excluding hydrogens is 356 g/mol. The van der Waals surface area contributed by atoms with Crippen molar-refractivity contribution in [3.8, 4) is 0 Å². The zero-order valence-corrected chi connectivity index (χ0v) is 16.8. The Labute approximate surface area is 166 Å². The highest BCUT2D eigenvalue weighted by Gasteiger charge is 2.32. The van der Waals surface area contributed by atoms with Gasteiger partial charge in [0, 0.05) is 18.5 Å². The summed E-state index contributed by atoms with van der Waals surface area (Å²) in [5.41, 5.74) is 1.17. The Morgan fingerprint density at radius 1 is 1.18 bits per heavy atom. The molecule has 6 heteroatoms. The molecule has 0 aromatic rings. The first kappa shape index (κ1) is 20.4. The van der Waals surface area contributed by atoms with Gasteiger partial charge in [-0.05, 0) is 30.9 Å². The van der Waals surface area contributed by atoms with Crippen LogP contribution >= 0.6 is 0 Å². The van der Waals surface area contributed by atoms with Crippen molar-refractivity contribution < 1.29 is 19.1 Å². The number of methoxy groups -OCH3 is 2. The zero-order chi connectivity index (χ0) is 19.9. The number of aliphatic imine (C=N–C) groups is 1. The molecule has 0 spiro atoms. The van der Waals surface area contributed by atoms with E-state index in [0.29, 0.717) is 42.3 Å². The summed E-state index contributed by atoms with van der Waals surface area (Å²) < 4.78 is 10.7. The average molecular weight is 386 g/mol. The fourth-order valence-electron chi connectivity index (χ4n) is 4.17. The number of amides is 2. The van der Waals surface area contributed by atoms with Gasteiger partial charge >= 0.3 is 0 Å². The molecule has 2 aliphatic carbocycles. The van der Waals surface area contributed by atoms with Crippen LogP contribution in [-0.2, 0) is 19.1 Å². The van der Waals surface area contributed by atoms with Gasteiger partial charge in [-0.3, -0.25) is 9.59 Å². The second-order valence-corrected chi connectivity index (χ2v) is 7.62. The molecule has 2 amide bonds. The van der Waals surface area contributed by atoms with Gasteiger partial charge in [0.1, 0.15) is 17.2 Å². The van der Waals surface area contributed by atoms with E-state index in [1.54, 1.807) is 20.3 Å². The lowest BCUT2D eigenvalue weighted by molar-refractivity contribution is -0.121. The van der Waals surface area contributed by atoms with Crippen LogP contribution in [0.3, 0.4) is 0 Å². The van der Waals surface area contributed by atoms with Crippen molar-refractivity contribution in [3.63, 3.8) is 0 Å². The van der Waals surface area contributed by atoms with Gasteiger partial charge in [0.05, 0.1) is 20.1 Å². The molecule has 28 heavy (non-hydrogen) atoms.